The first-order valence-corrected chi connectivity index (χ1v) is 6.52. The van der Waals surface area contributed by atoms with Crippen LogP contribution in [-0.2, 0) is 0 Å². The zero-order valence-corrected chi connectivity index (χ0v) is 11.8. The van der Waals surface area contributed by atoms with Crippen molar-refractivity contribution in [2.24, 2.45) is 5.92 Å². The Morgan fingerprint density at radius 2 is 2.05 bits per heavy atom. The van der Waals surface area contributed by atoms with Gasteiger partial charge in [-0.1, -0.05) is 19.9 Å². The van der Waals surface area contributed by atoms with Crippen molar-refractivity contribution in [1.29, 1.82) is 0 Å². The van der Waals surface area contributed by atoms with Crippen LogP contribution in [0.25, 0.3) is 0 Å². The molecule has 0 spiro atoms. The minimum absolute atomic E-state index is 0.0597. The Hall–Kier alpha value is -1.95. The van der Waals surface area contributed by atoms with Crippen molar-refractivity contribution >= 4 is 11.6 Å². The fourth-order valence-electron chi connectivity index (χ4n) is 2.35. The van der Waals surface area contributed by atoms with Gasteiger partial charge >= 0.3 is 0 Å². The normalized spacial score (nSPS) is 16.9. The predicted molar refractivity (Wildman–Crippen MR) is 73.5 cm³/mol. The van der Waals surface area contributed by atoms with Crippen molar-refractivity contribution in [3.8, 4) is 0 Å². The highest BCUT2D eigenvalue weighted by Crippen LogP contribution is 2.31. The topological polar surface area (TPSA) is 83.7 Å². The Morgan fingerprint density at radius 1 is 1.45 bits per heavy atom. The number of amides is 1. The van der Waals surface area contributed by atoms with Gasteiger partial charge < -0.3 is 10.0 Å². The van der Waals surface area contributed by atoms with Crippen molar-refractivity contribution in [3.05, 3.63) is 39.4 Å². The Morgan fingerprint density at radius 3 is 2.55 bits per heavy atom. The molecule has 0 aliphatic carbocycles. The van der Waals surface area contributed by atoms with Crippen molar-refractivity contribution in [2.45, 2.75) is 26.4 Å². The number of benzene rings is 1. The van der Waals surface area contributed by atoms with E-state index in [9.17, 15) is 20.0 Å². The average molecular weight is 278 g/mol. The van der Waals surface area contributed by atoms with E-state index in [1.165, 1.54) is 17.0 Å². The molecule has 0 atom stereocenters. The molecule has 1 N–H and O–H groups in total. The standard InChI is InChI=1S/C14H18N2O4/c1-9(2)14(18)7-15(8-14)13(17)11-5-4-6-12(10(11)3)16(19)20/h4-6,9,18H,7-8H2,1-3H3. The van der Waals surface area contributed by atoms with E-state index in [4.69, 9.17) is 0 Å². The summed E-state index contributed by atoms with van der Waals surface area (Å²) in [6.07, 6.45) is 0. The summed E-state index contributed by atoms with van der Waals surface area (Å²) in [6, 6.07) is 4.47. The molecule has 0 saturated carbocycles. The molecule has 1 aromatic carbocycles. The molecule has 1 aromatic rings. The molecule has 20 heavy (non-hydrogen) atoms. The molecule has 0 radical (unpaired) electrons. The number of hydrogen-bond donors (Lipinski definition) is 1. The third-order valence-corrected chi connectivity index (χ3v) is 4.02. The van der Waals surface area contributed by atoms with Crippen molar-refractivity contribution in [2.75, 3.05) is 13.1 Å². The number of likely N-dealkylation sites (tertiary alicyclic amines) is 1. The lowest BCUT2D eigenvalue weighted by Crippen LogP contribution is -2.66. The van der Waals surface area contributed by atoms with Gasteiger partial charge in [-0.05, 0) is 18.9 Å². The van der Waals surface area contributed by atoms with Crippen LogP contribution in [0.5, 0.6) is 0 Å². The molecular weight excluding hydrogens is 260 g/mol. The first kappa shape index (κ1) is 14.5. The Labute approximate surface area is 117 Å². The summed E-state index contributed by atoms with van der Waals surface area (Å²) >= 11 is 0. The lowest BCUT2D eigenvalue weighted by atomic mass is 9.82. The number of hydrogen-bond acceptors (Lipinski definition) is 4. The summed E-state index contributed by atoms with van der Waals surface area (Å²) < 4.78 is 0. The van der Waals surface area contributed by atoms with Gasteiger partial charge in [-0.15, -0.1) is 0 Å². The van der Waals surface area contributed by atoms with E-state index in [2.05, 4.69) is 0 Å². The van der Waals surface area contributed by atoms with Crippen molar-refractivity contribution in [3.63, 3.8) is 0 Å². The van der Waals surface area contributed by atoms with Gasteiger partial charge in [-0.25, -0.2) is 0 Å². The Bertz CT molecular complexity index is 562. The molecule has 2 rings (SSSR count). The SMILES string of the molecule is Cc1c(C(=O)N2CC(O)(C(C)C)C2)cccc1[N+](=O)[O-]. The molecule has 0 aromatic heterocycles. The van der Waals surface area contributed by atoms with Gasteiger partial charge in [0.2, 0.25) is 0 Å². The largest absolute Gasteiger partial charge is 0.386 e. The molecule has 108 valence electrons. The van der Waals surface area contributed by atoms with E-state index in [0.717, 1.165) is 0 Å². The van der Waals surface area contributed by atoms with Gasteiger partial charge in [0.25, 0.3) is 11.6 Å². The summed E-state index contributed by atoms with van der Waals surface area (Å²) in [4.78, 5) is 24.2. The van der Waals surface area contributed by atoms with Gasteiger partial charge in [0.15, 0.2) is 0 Å². The van der Waals surface area contributed by atoms with Crippen LogP contribution >= 0.6 is 0 Å². The first-order chi connectivity index (χ1) is 9.26. The quantitative estimate of drug-likeness (QED) is 0.674. The van der Waals surface area contributed by atoms with Gasteiger partial charge in [0, 0.05) is 17.2 Å². The summed E-state index contributed by atoms with van der Waals surface area (Å²) in [7, 11) is 0. The number of β-amino-alcohol motifs (C(OH)–C–C–N with tert-alkyl or cyclic N) is 1. The van der Waals surface area contributed by atoms with Crippen LogP contribution in [0.4, 0.5) is 5.69 Å². The first-order valence-electron chi connectivity index (χ1n) is 6.52. The third-order valence-electron chi connectivity index (χ3n) is 4.02. The summed E-state index contributed by atoms with van der Waals surface area (Å²) in [6.45, 7) is 5.91. The van der Waals surface area contributed by atoms with Crippen LogP contribution < -0.4 is 0 Å². The predicted octanol–water partition coefficient (Wildman–Crippen LogP) is 1.75. The highest BCUT2D eigenvalue weighted by atomic mass is 16.6. The molecule has 1 aliphatic rings. The maximum absolute atomic E-state index is 12.3. The monoisotopic (exact) mass is 278 g/mol. The lowest BCUT2D eigenvalue weighted by molar-refractivity contribution is -0.385. The van der Waals surface area contributed by atoms with Crippen LogP contribution in [0.3, 0.4) is 0 Å². The Kier molecular flexibility index (Phi) is 3.52. The Balaban J connectivity index is 2.20. The second-order valence-corrected chi connectivity index (χ2v) is 5.63. The van der Waals surface area contributed by atoms with Gasteiger partial charge in [-0.3, -0.25) is 14.9 Å². The second kappa shape index (κ2) is 4.86. The molecule has 1 heterocycles. The van der Waals surface area contributed by atoms with Gasteiger partial charge in [0.1, 0.15) is 5.60 Å². The fourth-order valence-corrected chi connectivity index (χ4v) is 2.35. The third kappa shape index (κ3) is 2.27. The van der Waals surface area contributed by atoms with Gasteiger partial charge in [0.05, 0.1) is 18.0 Å². The maximum atomic E-state index is 12.3. The van der Waals surface area contributed by atoms with Crippen LogP contribution in [0.15, 0.2) is 18.2 Å². The number of carbonyl (C=O) groups excluding carboxylic acids is 1. The second-order valence-electron chi connectivity index (χ2n) is 5.63. The number of nitrogens with zero attached hydrogens (tertiary/aromatic N) is 2. The number of carbonyl (C=O) groups is 1. The number of aliphatic hydroxyl groups is 1. The lowest BCUT2D eigenvalue weighted by Gasteiger charge is -2.49. The molecule has 1 amide bonds. The minimum Gasteiger partial charge on any atom is -0.386 e. The van der Waals surface area contributed by atoms with Crippen molar-refractivity contribution in [1.82, 2.24) is 4.90 Å². The van der Waals surface area contributed by atoms with E-state index in [1.54, 1.807) is 13.0 Å². The summed E-state index contributed by atoms with van der Waals surface area (Å²) in [5, 5.41) is 21.0. The maximum Gasteiger partial charge on any atom is 0.273 e. The van der Waals surface area contributed by atoms with E-state index >= 15 is 0 Å². The molecular formula is C14H18N2O4. The fraction of sp³-hybridized carbons (Fsp3) is 0.500. The zero-order valence-electron chi connectivity index (χ0n) is 11.8. The number of nitro benzene ring substituents is 1. The summed E-state index contributed by atoms with van der Waals surface area (Å²) in [5.41, 5.74) is -0.215. The molecule has 1 saturated heterocycles. The number of nitro groups is 1. The van der Waals surface area contributed by atoms with Crippen molar-refractivity contribution < 1.29 is 14.8 Å². The van der Waals surface area contributed by atoms with Crippen LogP contribution in [0, 0.1) is 23.0 Å². The van der Waals surface area contributed by atoms with E-state index in [0.29, 0.717) is 11.1 Å². The van der Waals surface area contributed by atoms with Crippen LogP contribution in [0.2, 0.25) is 0 Å². The molecule has 1 fully saturated rings. The van der Waals surface area contributed by atoms with Crippen LogP contribution in [0.1, 0.15) is 29.8 Å². The van der Waals surface area contributed by atoms with E-state index in [1.807, 2.05) is 13.8 Å². The zero-order chi connectivity index (χ0) is 15.1. The molecule has 0 unspecified atom stereocenters. The summed E-state index contributed by atoms with van der Waals surface area (Å²) in [5.74, 6) is -0.200. The molecule has 0 bridgehead atoms. The molecule has 6 heteroatoms. The average Bonchev–Trinajstić information content (AvgIpc) is 2.33. The highest BCUT2D eigenvalue weighted by Gasteiger charge is 2.46. The molecule has 6 nitrogen and oxygen atoms in total. The highest BCUT2D eigenvalue weighted by molar-refractivity contribution is 5.97. The van der Waals surface area contributed by atoms with E-state index in [-0.39, 0.29) is 30.6 Å². The van der Waals surface area contributed by atoms with Crippen LogP contribution in [-0.4, -0.2) is 39.5 Å². The van der Waals surface area contributed by atoms with E-state index < -0.39 is 10.5 Å². The minimum atomic E-state index is -0.843. The molecule has 1 aliphatic heterocycles. The van der Waals surface area contributed by atoms with Gasteiger partial charge in [-0.2, -0.15) is 0 Å². The smallest absolute Gasteiger partial charge is 0.273 e. The number of rotatable bonds is 3.